The van der Waals surface area contributed by atoms with E-state index in [-0.39, 0.29) is 10.8 Å². The van der Waals surface area contributed by atoms with Crippen LogP contribution in [0.5, 0.6) is 0 Å². The lowest BCUT2D eigenvalue weighted by atomic mass is 10.1. The highest BCUT2D eigenvalue weighted by molar-refractivity contribution is 7.89. The third kappa shape index (κ3) is 2.35. The lowest BCUT2D eigenvalue weighted by Gasteiger charge is -2.19. The van der Waals surface area contributed by atoms with Gasteiger partial charge in [-0.2, -0.15) is 4.72 Å². The van der Waals surface area contributed by atoms with Gasteiger partial charge in [-0.1, -0.05) is 5.92 Å². The summed E-state index contributed by atoms with van der Waals surface area (Å²) in [5, 5.41) is -0.0872. The van der Waals surface area contributed by atoms with E-state index in [0.29, 0.717) is 0 Å². The maximum Gasteiger partial charge on any atom is 0.261 e. The number of aryl methyl sites for hydroxylation is 1. The Kier molecular flexibility index (Phi) is 2.99. The van der Waals surface area contributed by atoms with Crippen LogP contribution in [0.15, 0.2) is 11.4 Å². The van der Waals surface area contributed by atoms with Crippen molar-refractivity contribution in [3.8, 4) is 12.3 Å². The number of nitrogens with one attached hydrogen (secondary N) is 1. The first-order valence-electron chi connectivity index (χ1n) is 4.48. The minimum atomic E-state index is -3.77. The molecule has 0 radical (unpaired) electrons. The van der Waals surface area contributed by atoms with Crippen molar-refractivity contribution >= 4 is 15.8 Å². The van der Waals surface area contributed by atoms with Gasteiger partial charge in [0.25, 0.3) is 10.0 Å². The van der Waals surface area contributed by atoms with Gasteiger partial charge in [0.2, 0.25) is 0 Å². The average molecular weight is 242 g/mol. The van der Waals surface area contributed by atoms with Crippen LogP contribution in [0.2, 0.25) is 0 Å². The molecule has 0 amide bonds. The lowest BCUT2D eigenvalue weighted by Crippen LogP contribution is -2.42. The molecule has 0 aliphatic heterocycles. The zero-order valence-corrected chi connectivity index (χ0v) is 10.2. The van der Waals surface area contributed by atoms with Crippen LogP contribution in [0.1, 0.15) is 13.8 Å². The number of nitrogens with two attached hydrogens (primary N) is 1. The van der Waals surface area contributed by atoms with Crippen molar-refractivity contribution in [1.29, 1.82) is 0 Å². The topological polar surface area (TPSA) is 90.0 Å². The monoisotopic (exact) mass is 242 g/mol. The van der Waals surface area contributed by atoms with Crippen molar-refractivity contribution in [2.75, 3.05) is 5.73 Å². The number of hydrogen-bond donors (Lipinski definition) is 2. The van der Waals surface area contributed by atoms with E-state index in [1.54, 1.807) is 20.9 Å². The van der Waals surface area contributed by atoms with Crippen molar-refractivity contribution in [3.63, 3.8) is 0 Å². The molecular formula is C9H14N4O2S. The zero-order valence-electron chi connectivity index (χ0n) is 9.35. The molecule has 0 aliphatic carbocycles. The summed E-state index contributed by atoms with van der Waals surface area (Å²) in [6, 6.07) is 0. The summed E-state index contributed by atoms with van der Waals surface area (Å²) in [5.41, 5.74) is 4.51. The Morgan fingerprint density at radius 1 is 1.62 bits per heavy atom. The fourth-order valence-corrected chi connectivity index (χ4v) is 2.76. The van der Waals surface area contributed by atoms with E-state index in [1.807, 2.05) is 0 Å². The molecule has 1 aromatic rings. The highest BCUT2D eigenvalue weighted by atomic mass is 32.2. The van der Waals surface area contributed by atoms with Gasteiger partial charge in [-0.05, 0) is 13.8 Å². The SMILES string of the molecule is C#CC(C)(C)NS(=O)(=O)c1c(N)ncn1C. The van der Waals surface area contributed by atoms with Crippen molar-refractivity contribution in [2.24, 2.45) is 7.05 Å². The number of imidazole rings is 1. The standard InChI is InChI=1S/C9H14N4O2S/c1-5-9(2,3)12-16(14,15)8-7(10)11-6-13(8)4/h1,6,12H,10H2,2-4H3. The van der Waals surface area contributed by atoms with E-state index in [2.05, 4.69) is 15.6 Å². The molecule has 6 nitrogen and oxygen atoms in total. The quantitative estimate of drug-likeness (QED) is 0.712. The van der Waals surface area contributed by atoms with Crippen LogP contribution in [0.25, 0.3) is 0 Å². The Hall–Kier alpha value is -1.52. The molecule has 7 heteroatoms. The molecule has 0 spiro atoms. The van der Waals surface area contributed by atoms with Gasteiger partial charge >= 0.3 is 0 Å². The molecule has 0 fully saturated rings. The first kappa shape index (κ1) is 12.5. The molecule has 1 rings (SSSR count). The number of terminal acetylenes is 1. The average Bonchev–Trinajstić information content (AvgIpc) is 2.44. The van der Waals surface area contributed by atoms with Crippen molar-refractivity contribution < 1.29 is 8.42 Å². The molecule has 0 aliphatic rings. The van der Waals surface area contributed by atoms with Gasteiger partial charge in [-0.15, -0.1) is 6.42 Å². The summed E-state index contributed by atoms with van der Waals surface area (Å²) in [7, 11) is -2.22. The van der Waals surface area contributed by atoms with E-state index in [1.165, 1.54) is 10.9 Å². The van der Waals surface area contributed by atoms with Gasteiger partial charge in [-0.25, -0.2) is 13.4 Å². The Balaban J connectivity index is 3.20. The molecule has 0 saturated carbocycles. The minimum Gasteiger partial charge on any atom is -0.381 e. The third-order valence-electron chi connectivity index (χ3n) is 1.91. The molecule has 3 N–H and O–H groups in total. The summed E-state index contributed by atoms with van der Waals surface area (Å²) in [6.45, 7) is 3.16. The van der Waals surface area contributed by atoms with E-state index in [9.17, 15) is 8.42 Å². The summed E-state index contributed by atoms with van der Waals surface area (Å²) >= 11 is 0. The Labute approximate surface area is 94.9 Å². The highest BCUT2D eigenvalue weighted by Crippen LogP contribution is 2.17. The fourth-order valence-electron chi connectivity index (χ4n) is 1.18. The first-order valence-corrected chi connectivity index (χ1v) is 5.96. The molecule has 0 aromatic carbocycles. The predicted molar refractivity (Wildman–Crippen MR) is 60.9 cm³/mol. The van der Waals surface area contributed by atoms with Gasteiger partial charge < -0.3 is 10.3 Å². The fraction of sp³-hybridized carbons (Fsp3) is 0.444. The maximum atomic E-state index is 12.0. The number of hydrogen-bond acceptors (Lipinski definition) is 4. The van der Waals surface area contributed by atoms with E-state index in [4.69, 9.17) is 12.2 Å². The first-order chi connectivity index (χ1) is 7.19. The van der Waals surface area contributed by atoms with Gasteiger partial charge in [0, 0.05) is 7.05 Å². The largest absolute Gasteiger partial charge is 0.381 e. The molecule has 0 unspecified atom stereocenters. The molecule has 1 aromatic heterocycles. The predicted octanol–water partition coefficient (Wildman–Crippen LogP) is -0.308. The van der Waals surface area contributed by atoms with Crippen molar-refractivity contribution in [2.45, 2.75) is 24.4 Å². The minimum absolute atomic E-state index is 0.0529. The van der Waals surface area contributed by atoms with E-state index < -0.39 is 15.6 Å². The van der Waals surface area contributed by atoms with Crippen molar-refractivity contribution in [1.82, 2.24) is 14.3 Å². The van der Waals surface area contributed by atoms with E-state index in [0.717, 1.165) is 0 Å². The summed E-state index contributed by atoms with van der Waals surface area (Å²) in [5.74, 6) is 2.28. The highest BCUT2D eigenvalue weighted by Gasteiger charge is 2.28. The number of nitrogen functional groups attached to an aromatic ring is 1. The Morgan fingerprint density at radius 2 is 2.19 bits per heavy atom. The second kappa shape index (κ2) is 3.81. The Bertz CT molecular complexity index is 517. The van der Waals surface area contributed by atoms with Crippen molar-refractivity contribution in [3.05, 3.63) is 6.33 Å². The van der Waals surface area contributed by atoms with Crippen LogP contribution in [0.3, 0.4) is 0 Å². The zero-order chi connectivity index (χ0) is 12.6. The van der Waals surface area contributed by atoms with E-state index >= 15 is 0 Å². The number of sulfonamides is 1. The van der Waals surface area contributed by atoms with Crippen LogP contribution in [0.4, 0.5) is 5.82 Å². The lowest BCUT2D eigenvalue weighted by molar-refractivity contribution is 0.532. The Morgan fingerprint density at radius 3 is 2.56 bits per heavy atom. The van der Waals surface area contributed by atoms with Gasteiger partial charge in [0.15, 0.2) is 10.8 Å². The van der Waals surface area contributed by atoms with Gasteiger partial charge in [-0.3, -0.25) is 0 Å². The van der Waals surface area contributed by atoms with Crippen LogP contribution in [-0.2, 0) is 17.1 Å². The van der Waals surface area contributed by atoms with Crippen LogP contribution in [-0.4, -0.2) is 23.5 Å². The summed E-state index contributed by atoms with van der Waals surface area (Å²) < 4.78 is 27.6. The maximum absolute atomic E-state index is 12.0. The van der Waals surface area contributed by atoms with Crippen LogP contribution in [0, 0.1) is 12.3 Å². The third-order valence-corrected chi connectivity index (χ3v) is 3.70. The number of aromatic nitrogens is 2. The number of rotatable bonds is 3. The normalized spacial score (nSPS) is 12.4. The second-order valence-corrected chi connectivity index (χ2v) is 5.52. The molecule has 0 bridgehead atoms. The van der Waals surface area contributed by atoms with Crippen LogP contribution < -0.4 is 10.5 Å². The summed E-state index contributed by atoms with van der Waals surface area (Å²) in [6.07, 6.45) is 6.54. The van der Waals surface area contributed by atoms with Gasteiger partial charge in [0.1, 0.15) is 0 Å². The molecule has 0 atom stereocenters. The molecule has 16 heavy (non-hydrogen) atoms. The molecule has 1 heterocycles. The smallest absolute Gasteiger partial charge is 0.261 e. The second-order valence-electron chi connectivity index (χ2n) is 3.92. The molecular weight excluding hydrogens is 228 g/mol. The summed E-state index contributed by atoms with van der Waals surface area (Å²) in [4.78, 5) is 3.71. The number of anilines is 1. The van der Waals surface area contributed by atoms with Crippen LogP contribution >= 0.6 is 0 Å². The molecule has 0 saturated heterocycles. The molecule has 88 valence electrons. The number of nitrogens with zero attached hydrogens (tertiary/aromatic N) is 2. The van der Waals surface area contributed by atoms with Gasteiger partial charge in [0.05, 0.1) is 11.9 Å².